The highest BCUT2D eigenvalue weighted by Gasteiger charge is 2.31. The molecule has 0 radical (unpaired) electrons. The number of amides is 1. The van der Waals surface area contributed by atoms with Gasteiger partial charge in [0.1, 0.15) is 6.04 Å². The predicted octanol–water partition coefficient (Wildman–Crippen LogP) is 2.16. The number of fused-ring (bicyclic) bond motifs is 1. The Hall–Kier alpha value is -1.84. The lowest BCUT2D eigenvalue weighted by Crippen LogP contribution is -2.41. The maximum atomic E-state index is 12.3. The third-order valence-electron chi connectivity index (χ3n) is 4.26. The Morgan fingerprint density at radius 1 is 1.30 bits per heavy atom. The Kier molecular flexibility index (Phi) is 3.47. The van der Waals surface area contributed by atoms with Crippen LogP contribution >= 0.6 is 0 Å². The van der Waals surface area contributed by atoms with E-state index in [-0.39, 0.29) is 5.91 Å². The lowest BCUT2D eigenvalue weighted by Gasteiger charge is -2.15. The van der Waals surface area contributed by atoms with Crippen molar-refractivity contribution in [2.24, 2.45) is 5.92 Å². The van der Waals surface area contributed by atoms with E-state index in [1.54, 1.807) is 6.07 Å². The van der Waals surface area contributed by atoms with Crippen molar-refractivity contribution in [1.82, 2.24) is 5.32 Å². The van der Waals surface area contributed by atoms with E-state index in [2.05, 4.69) is 11.4 Å². The third-order valence-corrected chi connectivity index (χ3v) is 4.26. The topological polar surface area (TPSA) is 66.4 Å². The van der Waals surface area contributed by atoms with Crippen molar-refractivity contribution in [3.05, 3.63) is 34.9 Å². The normalized spacial score (nSPS) is 18.4. The van der Waals surface area contributed by atoms with E-state index in [4.69, 9.17) is 0 Å². The number of carboxylic acid groups (broad SMARTS) is 1. The average molecular weight is 273 g/mol. The van der Waals surface area contributed by atoms with Crippen molar-refractivity contribution < 1.29 is 14.7 Å². The number of hydrogen-bond donors (Lipinski definition) is 2. The standard InChI is InChI=1S/C16H19NO3/c18-15(17-14(16(19)20)9-10-7-8-10)13-6-2-4-11-3-1-5-12(11)13/h2,4,6,10,14H,1,3,5,7-9H2,(H,17,18)(H,19,20). The first-order valence-corrected chi connectivity index (χ1v) is 7.29. The van der Waals surface area contributed by atoms with Crippen LogP contribution in [-0.2, 0) is 17.6 Å². The monoisotopic (exact) mass is 273 g/mol. The summed E-state index contributed by atoms with van der Waals surface area (Å²) in [7, 11) is 0. The van der Waals surface area contributed by atoms with Crippen LogP contribution in [0.4, 0.5) is 0 Å². The second kappa shape index (κ2) is 5.27. The van der Waals surface area contributed by atoms with Crippen LogP contribution in [0.15, 0.2) is 18.2 Å². The molecule has 1 saturated carbocycles. The van der Waals surface area contributed by atoms with Crippen LogP contribution in [0.1, 0.15) is 47.2 Å². The van der Waals surface area contributed by atoms with Gasteiger partial charge in [-0.1, -0.05) is 25.0 Å². The fraction of sp³-hybridized carbons (Fsp3) is 0.500. The summed E-state index contributed by atoms with van der Waals surface area (Å²) in [5, 5.41) is 11.9. The van der Waals surface area contributed by atoms with Gasteiger partial charge < -0.3 is 10.4 Å². The van der Waals surface area contributed by atoms with Crippen LogP contribution in [0.5, 0.6) is 0 Å². The molecule has 106 valence electrons. The minimum absolute atomic E-state index is 0.239. The van der Waals surface area contributed by atoms with Gasteiger partial charge in [-0.3, -0.25) is 4.79 Å². The molecule has 1 amide bonds. The second-order valence-electron chi connectivity index (χ2n) is 5.84. The molecule has 0 bridgehead atoms. The molecule has 0 spiro atoms. The molecule has 4 nitrogen and oxygen atoms in total. The summed E-state index contributed by atoms with van der Waals surface area (Å²) in [4.78, 5) is 23.6. The Morgan fingerprint density at radius 3 is 2.80 bits per heavy atom. The van der Waals surface area contributed by atoms with Crippen molar-refractivity contribution in [1.29, 1.82) is 0 Å². The van der Waals surface area contributed by atoms with Crippen molar-refractivity contribution >= 4 is 11.9 Å². The molecule has 0 aromatic heterocycles. The SMILES string of the molecule is O=C(NC(CC1CC1)C(=O)O)c1cccc2c1CCC2. The summed E-state index contributed by atoms with van der Waals surface area (Å²) in [6.45, 7) is 0. The smallest absolute Gasteiger partial charge is 0.326 e. The summed E-state index contributed by atoms with van der Waals surface area (Å²) in [6, 6.07) is 4.98. The number of carboxylic acids is 1. The molecular formula is C16H19NO3. The third kappa shape index (κ3) is 2.69. The van der Waals surface area contributed by atoms with E-state index in [0.29, 0.717) is 17.9 Å². The van der Waals surface area contributed by atoms with Gasteiger partial charge >= 0.3 is 5.97 Å². The van der Waals surface area contributed by atoms with E-state index >= 15 is 0 Å². The van der Waals surface area contributed by atoms with E-state index in [9.17, 15) is 14.7 Å². The maximum absolute atomic E-state index is 12.3. The quantitative estimate of drug-likeness (QED) is 0.864. The predicted molar refractivity (Wildman–Crippen MR) is 74.7 cm³/mol. The van der Waals surface area contributed by atoms with Crippen LogP contribution in [-0.4, -0.2) is 23.0 Å². The van der Waals surface area contributed by atoms with Crippen LogP contribution in [0, 0.1) is 5.92 Å². The van der Waals surface area contributed by atoms with Gasteiger partial charge in [0.15, 0.2) is 0 Å². The number of aryl methyl sites for hydroxylation is 1. The number of aliphatic carboxylic acids is 1. The van der Waals surface area contributed by atoms with Gasteiger partial charge in [0.25, 0.3) is 5.91 Å². The number of benzene rings is 1. The Labute approximate surface area is 118 Å². The molecule has 0 heterocycles. The Bertz CT molecular complexity index is 549. The summed E-state index contributed by atoms with van der Waals surface area (Å²) in [5.74, 6) is -0.701. The summed E-state index contributed by atoms with van der Waals surface area (Å²) < 4.78 is 0. The first kappa shape index (κ1) is 13.2. The van der Waals surface area contributed by atoms with Crippen LogP contribution in [0.2, 0.25) is 0 Å². The van der Waals surface area contributed by atoms with Gasteiger partial charge in [-0.05, 0) is 48.8 Å². The zero-order valence-electron chi connectivity index (χ0n) is 11.4. The maximum Gasteiger partial charge on any atom is 0.326 e. The number of carbonyl (C=O) groups is 2. The van der Waals surface area contributed by atoms with Crippen LogP contribution < -0.4 is 5.32 Å². The molecule has 3 rings (SSSR count). The molecular weight excluding hydrogens is 254 g/mol. The van der Waals surface area contributed by atoms with Crippen LogP contribution in [0.25, 0.3) is 0 Å². The molecule has 1 fully saturated rings. The molecule has 0 aliphatic heterocycles. The van der Waals surface area contributed by atoms with Crippen molar-refractivity contribution in [2.45, 2.75) is 44.6 Å². The van der Waals surface area contributed by atoms with Crippen molar-refractivity contribution in [3.63, 3.8) is 0 Å². The minimum Gasteiger partial charge on any atom is -0.480 e. The van der Waals surface area contributed by atoms with E-state index in [1.807, 2.05) is 6.07 Å². The largest absolute Gasteiger partial charge is 0.480 e. The fourth-order valence-corrected chi connectivity index (χ4v) is 2.98. The zero-order chi connectivity index (χ0) is 14.1. The van der Waals surface area contributed by atoms with Gasteiger partial charge in [-0.2, -0.15) is 0 Å². The lowest BCUT2D eigenvalue weighted by molar-refractivity contribution is -0.139. The van der Waals surface area contributed by atoms with Gasteiger partial charge in [0, 0.05) is 5.56 Å². The summed E-state index contributed by atoms with van der Waals surface area (Å²) in [6.07, 6.45) is 5.72. The minimum atomic E-state index is -0.933. The molecule has 2 aliphatic carbocycles. The van der Waals surface area contributed by atoms with E-state index < -0.39 is 12.0 Å². The molecule has 1 unspecified atom stereocenters. The van der Waals surface area contributed by atoms with Crippen molar-refractivity contribution in [2.75, 3.05) is 0 Å². The summed E-state index contributed by atoms with van der Waals surface area (Å²) in [5.41, 5.74) is 2.98. The first-order valence-electron chi connectivity index (χ1n) is 7.29. The van der Waals surface area contributed by atoms with Crippen LogP contribution in [0.3, 0.4) is 0 Å². The van der Waals surface area contributed by atoms with E-state index in [0.717, 1.165) is 37.7 Å². The molecule has 1 aromatic carbocycles. The molecule has 0 saturated heterocycles. The van der Waals surface area contributed by atoms with Gasteiger partial charge in [-0.25, -0.2) is 4.79 Å². The second-order valence-corrected chi connectivity index (χ2v) is 5.84. The first-order chi connectivity index (χ1) is 9.65. The van der Waals surface area contributed by atoms with Gasteiger partial charge in [0.05, 0.1) is 0 Å². The molecule has 1 atom stereocenters. The summed E-state index contributed by atoms with van der Waals surface area (Å²) >= 11 is 0. The number of hydrogen-bond acceptors (Lipinski definition) is 2. The fourth-order valence-electron chi connectivity index (χ4n) is 2.98. The molecule has 1 aromatic rings. The highest BCUT2D eigenvalue weighted by atomic mass is 16.4. The Balaban J connectivity index is 1.75. The van der Waals surface area contributed by atoms with Gasteiger partial charge in [-0.15, -0.1) is 0 Å². The highest BCUT2D eigenvalue weighted by Crippen LogP contribution is 2.33. The molecule has 2 N–H and O–H groups in total. The molecule has 20 heavy (non-hydrogen) atoms. The number of nitrogens with one attached hydrogen (secondary N) is 1. The number of rotatable bonds is 5. The highest BCUT2D eigenvalue weighted by molar-refractivity contribution is 5.98. The zero-order valence-corrected chi connectivity index (χ0v) is 11.4. The number of carbonyl (C=O) groups excluding carboxylic acids is 1. The molecule has 2 aliphatic rings. The van der Waals surface area contributed by atoms with E-state index in [1.165, 1.54) is 5.56 Å². The van der Waals surface area contributed by atoms with Gasteiger partial charge in [0.2, 0.25) is 0 Å². The average Bonchev–Trinajstić information content (AvgIpc) is 3.11. The molecule has 4 heteroatoms. The Morgan fingerprint density at radius 2 is 2.10 bits per heavy atom. The van der Waals surface area contributed by atoms with Crippen molar-refractivity contribution in [3.8, 4) is 0 Å². The lowest BCUT2D eigenvalue weighted by atomic mass is 10.0.